The van der Waals surface area contributed by atoms with Gasteiger partial charge in [0.1, 0.15) is 12.3 Å². The fourth-order valence-electron chi connectivity index (χ4n) is 1.83. The van der Waals surface area contributed by atoms with Gasteiger partial charge in [0.05, 0.1) is 0 Å². The van der Waals surface area contributed by atoms with E-state index in [1.807, 2.05) is 0 Å². The second kappa shape index (κ2) is 5.25. The Hall–Kier alpha value is -0.700. The van der Waals surface area contributed by atoms with Gasteiger partial charge in [-0.05, 0) is 12.8 Å². The number of halogens is 2. The third-order valence-corrected chi connectivity index (χ3v) is 2.68. The van der Waals surface area contributed by atoms with Crippen molar-refractivity contribution in [2.24, 2.45) is 0 Å². The van der Waals surface area contributed by atoms with Crippen molar-refractivity contribution in [2.75, 3.05) is 0 Å². The zero-order chi connectivity index (χ0) is 10.6. The van der Waals surface area contributed by atoms with Crippen molar-refractivity contribution in [2.45, 2.75) is 43.7 Å². The molecule has 0 radical (unpaired) electrons. The standard InChI is InChI=1S/C11H17F2N/c1-3-8(12)10-6-5-7-11(14-10)9(13)4-2/h3-4,8-11,14H,1-2,5-7H2. The minimum Gasteiger partial charge on any atom is -0.305 e. The van der Waals surface area contributed by atoms with Gasteiger partial charge < -0.3 is 5.32 Å². The maximum absolute atomic E-state index is 13.2. The van der Waals surface area contributed by atoms with Gasteiger partial charge in [-0.1, -0.05) is 18.6 Å². The number of rotatable bonds is 4. The average molecular weight is 201 g/mol. The molecule has 0 bridgehead atoms. The van der Waals surface area contributed by atoms with Gasteiger partial charge in [-0.2, -0.15) is 0 Å². The van der Waals surface area contributed by atoms with E-state index in [0.29, 0.717) is 0 Å². The van der Waals surface area contributed by atoms with Crippen LogP contribution in [0.3, 0.4) is 0 Å². The topological polar surface area (TPSA) is 12.0 Å². The van der Waals surface area contributed by atoms with E-state index in [-0.39, 0.29) is 12.1 Å². The Bertz CT molecular complexity index is 185. The molecule has 4 atom stereocenters. The molecule has 1 nitrogen and oxygen atoms in total. The average Bonchev–Trinajstić information content (AvgIpc) is 2.27. The highest BCUT2D eigenvalue weighted by molar-refractivity contribution is 4.98. The summed E-state index contributed by atoms with van der Waals surface area (Å²) >= 11 is 0. The lowest BCUT2D eigenvalue weighted by Gasteiger charge is -2.32. The summed E-state index contributed by atoms with van der Waals surface area (Å²) in [5.41, 5.74) is 0. The SMILES string of the molecule is C=CC(F)C1CCCC(C(F)C=C)N1. The molecule has 0 aromatic carbocycles. The quantitative estimate of drug-likeness (QED) is 0.689. The second-order valence-corrected chi connectivity index (χ2v) is 3.67. The van der Waals surface area contributed by atoms with Gasteiger partial charge in [0.2, 0.25) is 0 Å². The maximum atomic E-state index is 13.2. The van der Waals surface area contributed by atoms with Crippen molar-refractivity contribution in [3.05, 3.63) is 25.3 Å². The predicted octanol–water partition coefficient (Wildman–Crippen LogP) is 2.55. The summed E-state index contributed by atoms with van der Waals surface area (Å²) in [6.07, 6.45) is 2.69. The van der Waals surface area contributed by atoms with Crippen LogP contribution in [0.2, 0.25) is 0 Å². The van der Waals surface area contributed by atoms with Crippen LogP contribution in [-0.4, -0.2) is 24.4 Å². The Morgan fingerprint density at radius 1 is 1.07 bits per heavy atom. The van der Waals surface area contributed by atoms with Gasteiger partial charge in [-0.25, -0.2) is 8.78 Å². The van der Waals surface area contributed by atoms with Crippen molar-refractivity contribution >= 4 is 0 Å². The molecule has 1 N–H and O–H groups in total. The van der Waals surface area contributed by atoms with Crippen molar-refractivity contribution in [1.29, 1.82) is 0 Å². The molecular formula is C11H17F2N. The molecule has 1 aliphatic heterocycles. The lowest BCUT2D eigenvalue weighted by molar-refractivity contribution is 0.181. The molecule has 1 rings (SSSR count). The fourth-order valence-corrected chi connectivity index (χ4v) is 1.83. The first-order valence-corrected chi connectivity index (χ1v) is 4.98. The molecule has 0 saturated carbocycles. The first kappa shape index (κ1) is 11.4. The van der Waals surface area contributed by atoms with Gasteiger partial charge >= 0.3 is 0 Å². The van der Waals surface area contributed by atoms with Gasteiger partial charge in [0.15, 0.2) is 0 Å². The van der Waals surface area contributed by atoms with Crippen LogP contribution < -0.4 is 5.32 Å². The highest BCUT2D eigenvalue weighted by Crippen LogP contribution is 2.20. The zero-order valence-electron chi connectivity index (χ0n) is 8.26. The van der Waals surface area contributed by atoms with Gasteiger partial charge in [-0.3, -0.25) is 0 Å². The van der Waals surface area contributed by atoms with Crippen LogP contribution >= 0.6 is 0 Å². The van der Waals surface area contributed by atoms with Crippen LogP contribution in [0.15, 0.2) is 25.3 Å². The number of hydrogen-bond acceptors (Lipinski definition) is 1. The lowest BCUT2D eigenvalue weighted by Crippen LogP contribution is -2.50. The Labute approximate surface area is 83.9 Å². The van der Waals surface area contributed by atoms with E-state index >= 15 is 0 Å². The van der Waals surface area contributed by atoms with Crippen LogP contribution in [0.25, 0.3) is 0 Å². The fraction of sp³-hybridized carbons (Fsp3) is 0.636. The van der Waals surface area contributed by atoms with Crippen molar-refractivity contribution in [1.82, 2.24) is 5.32 Å². The summed E-state index contributed by atoms with van der Waals surface area (Å²) in [4.78, 5) is 0. The van der Waals surface area contributed by atoms with E-state index in [0.717, 1.165) is 19.3 Å². The molecule has 1 aliphatic rings. The maximum Gasteiger partial charge on any atom is 0.133 e. The Morgan fingerprint density at radius 2 is 1.50 bits per heavy atom. The Morgan fingerprint density at radius 3 is 1.86 bits per heavy atom. The van der Waals surface area contributed by atoms with E-state index < -0.39 is 12.3 Å². The number of hydrogen-bond donors (Lipinski definition) is 1. The van der Waals surface area contributed by atoms with Crippen molar-refractivity contribution in [3.63, 3.8) is 0 Å². The van der Waals surface area contributed by atoms with Gasteiger partial charge in [-0.15, -0.1) is 13.2 Å². The lowest BCUT2D eigenvalue weighted by atomic mass is 9.93. The molecule has 0 spiro atoms. The van der Waals surface area contributed by atoms with E-state index in [9.17, 15) is 8.78 Å². The summed E-state index contributed by atoms with van der Waals surface area (Å²) in [6.45, 7) is 6.79. The van der Waals surface area contributed by atoms with Gasteiger partial charge in [0, 0.05) is 12.1 Å². The molecule has 14 heavy (non-hydrogen) atoms. The molecule has 3 heteroatoms. The number of alkyl halides is 2. The molecule has 0 aromatic heterocycles. The zero-order valence-corrected chi connectivity index (χ0v) is 8.26. The molecule has 4 unspecified atom stereocenters. The summed E-state index contributed by atoms with van der Waals surface area (Å²) in [7, 11) is 0. The Kier molecular flexibility index (Phi) is 4.26. The molecule has 1 fully saturated rings. The molecule has 80 valence electrons. The predicted molar refractivity (Wildman–Crippen MR) is 54.7 cm³/mol. The monoisotopic (exact) mass is 201 g/mol. The smallest absolute Gasteiger partial charge is 0.133 e. The minimum atomic E-state index is -1.09. The summed E-state index contributed by atoms with van der Waals surface area (Å²) in [6, 6.07) is -0.575. The van der Waals surface area contributed by atoms with Crippen LogP contribution in [0.1, 0.15) is 19.3 Å². The van der Waals surface area contributed by atoms with E-state index in [1.54, 1.807) is 0 Å². The van der Waals surface area contributed by atoms with Gasteiger partial charge in [0.25, 0.3) is 0 Å². The van der Waals surface area contributed by atoms with Crippen LogP contribution in [0.4, 0.5) is 8.78 Å². The van der Waals surface area contributed by atoms with E-state index in [4.69, 9.17) is 0 Å². The summed E-state index contributed by atoms with van der Waals surface area (Å²) in [5, 5.41) is 2.96. The molecule has 0 amide bonds. The normalized spacial score (nSPS) is 31.9. The Balaban J connectivity index is 2.50. The molecule has 0 aliphatic carbocycles. The first-order chi connectivity index (χ1) is 6.69. The summed E-state index contributed by atoms with van der Waals surface area (Å²) in [5.74, 6) is 0. The van der Waals surface area contributed by atoms with Crippen LogP contribution in [0.5, 0.6) is 0 Å². The second-order valence-electron chi connectivity index (χ2n) is 3.67. The number of piperidine rings is 1. The van der Waals surface area contributed by atoms with Crippen LogP contribution in [-0.2, 0) is 0 Å². The number of nitrogens with one attached hydrogen (secondary N) is 1. The largest absolute Gasteiger partial charge is 0.305 e. The van der Waals surface area contributed by atoms with Crippen LogP contribution in [0, 0.1) is 0 Å². The highest BCUT2D eigenvalue weighted by atomic mass is 19.1. The third-order valence-electron chi connectivity index (χ3n) is 2.68. The summed E-state index contributed by atoms with van der Waals surface area (Å²) < 4.78 is 26.5. The van der Waals surface area contributed by atoms with E-state index in [2.05, 4.69) is 18.5 Å². The highest BCUT2D eigenvalue weighted by Gasteiger charge is 2.29. The minimum absolute atomic E-state index is 0.288. The van der Waals surface area contributed by atoms with Crippen molar-refractivity contribution in [3.8, 4) is 0 Å². The molecular weight excluding hydrogens is 184 g/mol. The molecule has 1 saturated heterocycles. The van der Waals surface area contributed by atoms with Crippen molar-refractivity contribution < 1.29 is 8.78 Å². The molecule has 0 aromatic rings. The van der Waals surface area contributed by atoms with E-state index in [1.165, 1.54) is 12.2 Å². The third kappa shape index (κ3) is 2.64. The molecule has 1 heterocycles. The first-order valence-electron chi connectivity index (χ1n) is 4.98.